The molecule has 0 aromatic rings. The summed E-state index contributed by atoms with van der Waals surface area (Å²) in [6.45, 7) is 1.82. The smallest absolute Gasteiger partial charge is 0.337 e. The van der Waals surface area contributed by atoms with Gasteiger partial charge >= 0.3 is 17.7 Å². The average molecular weight is 216 g/mol. The van der Waals surface area contributed by atoms with E-state index in [2.05, 4.69) is 4.74 Å². The number of hydrogen-bond donors (Lipinski definition) is 1. The number of carbonyl (C=O) groups is 2. The Morgan fingerprint density at radius 2 is 2.27 bits per heavy atom. The van der Waals surface area contributed by atoms with E-state index < -0.39 is 24.3 Å². The second-order valence-corrected chi connectivity index (χ2v) is 3.13. The molecule has 1 aliphatic rings. The second-order valence-electron chi connectivity index (χ2n) is 3.13. The standard InChI is InChI=1S/C9H12O6/c1-6-3-8(12)15-9(4-10,14-6)5-13-7(2)11/h3,10H,4-5H2,1-2H3/t9-/m0/s1. The van der Waals surface area contributed by atoms with Crippen molar-refractivity contribution < 1.29 is 28.9 Å². The third-order valence-corrected chi connectivity index (χ3v) is 1.69. The largest absolute Gasteiger partial charge is 0.457 e. The summed E-state index contributed by atoms with van der Waals surface area (Å²) in [5, 5.41) is 9.07. The van der Waals surface area contributed by atoms with Gasteiger partial charge in [0, 0.05) is 6.92 Å². The van der Waals surface area contributed by atoms with E-state index in [0.717, 1.165) is 6.08 Å². The number of ether oxygens (including phenoxy) is 3. The molecule has 1 rings (SSSR count). The minimum absolute atomic E-state index is 0.299. The molecule has 0 bridgehead atoms. The highest BCUT2D eigenvalue weighted by Gasteiger charge is 2.40. The van der Waals surface area contributed by atoms with Crippen molar-refractivity contribution in [2.24, 2.45) is 0 Å². The molecule has 1 atom stereocenters. The lowest BCUT2D eigenvalue weighted by Gasteiger charge is -2.33. The molecule has 0 fully saturated rings. The lowest BCUT2D eigenvalue weighted by atomic mass is 10.2. The van der Waals surface area contributed by atoms with Crippen LogP contribution in [0.3, 0.4) is 0 Å². The van der Waals surface area contributed by atoms with Crippen LogP contribution in [0.4, 0.5) is 0 Å². The predicted octanol–water partition coefficient (Wildman–Crippen LogP) is -0.285. The molecular weight excluding hydrogens is 204 g/mol. The van der Waals surface area contributed by atoms with Gasteiger partial charge in [0.15, 0.2) is 6.61 Å². The van der Waals surface area contributed by atoms with Gasteiger partial charge < -0.3 is 19.3 Å². The summed E-state index contributed by atoms with van der Waals surface area (Å²) in [5.74, 6) is -2.50. The molecule has 6 nitrogen and oxygen atoms in total. The molecule has 0 radical (unpaired) electrons. The monoisotopic (exact) mass is 216 g/mol. The normalized spacial score (nSPS) is 25.0. The highest BCUT2D eigenvalue weighted by molar-refractivity contribution is 5.83. The maximum absolute atomic E-state index is 11.1. The predicted molar refractivity (Wildman–Crippen MR) is 47.4 cm³/mol. The van der Waals surface area contributed by atoms with E-state index in [-0.39, 0.29) is 6.61 Å². The van der Waals surface area contributed by atoms with Crippen molar-refractivity contribution in [2.45, 2.75) is 19.6 Å². The molecule has 0 saturated heterocycles. The van der Waals surface area contributed by atoms with Gasteiger partial charge in [-0.1, -0.05) is 0 Å². The number of esters is 2. The molecule has 0 aromatic carbocycles. The van der Waals surface area contributed by atoms with Crippen molar-refractivity contribution in [3.8, 4) is 0 Å². The molecule has 0 saturated carbocycles. The number of aliphatic hydroxyl groups is 1. The van der Waals surface area contributed by atoms with Crippen LogP contribution in [0.25, 0.3) is 0 Å². The Morgan fingerprint density at radius 3 is 2.73 bits per heavy atom. The lowest BCUT2D eigenvalue weighted by molar-refractivity contribution is -0.252. The number of hydrogen-bond acceptors (Lipinski definition) is 6. The quantitative estimate of drug-likeness (QED) is 0.653. The maximum atomic E-state index is 11.1. The highest BCUT2D eigenvalue weighted by atomic mass is 16.7. The van der Waals surface area contributed by atoms with E-state index >= 15 is 0 Å². The molecule has 6 heteroatoms. The zero-order chi connectivity index (χ0) is 11.5. The van der Waals surface area contributed by atoms with Crippen molar-refractivity contribution in [1.29, 1.82) is 0 Å². The van der Waals surface area contributed by atoms with Gasteiger partial charge in [-0.15, -0.1) is 0 Å². The second kappa shape index (κ2) is 4.31. The van der Waals surface area contributed by atoms with Gasteiger partial charge in [0.1, 0.15) is 12.4 Å². The van der Waals surface area contributed by atoms with Gasteiger partial charge in [0.2, 0.25) is 0 Å². The SMILES string of the molecule is CC(=O)OC[C@]1(CO)OC(=O)C=C(C)O1. The van der Waals surface area contributed by atoms with Gasteiger partial charge in [-0.3, -0.25) is 4.79 Å². The van der Waals surface area contributed by atoms with Gasteiger partial charge in [-0.2, -0.15) is 0 Å². The fourth-order valence-electron chi connectivity index (χ4n) is 1.10. The Bertz CT molecular complexity index is 308. The summed E-state index contributed by atoms with van der Waals surface area (Å²) < 4.78 is 14.6. The highest BCUT2D eigenvalue weighted by Crippen LogP contribution is 2.22. The zero-order valence-electron chi connectivity index (χ0n) is 8.48. The Kier molecular flexibility index (Phi) is 3.31. The van der Waals surface area contributed by atoms with Crippen molar-refractivity contribution in [3.05, 3.63) is 11.8 Å². The molecule has 1 aliphatic heterocycles. The molecule has 84 valence electrons. The van der Waals surface area contributed by atoms with Crippen LogP contribution in [0.2, 0.25) is 0 Å². The molecule has 1 N–H and O–H groups in total. The van der Waals surface area contributed by atoms with Gasteiger partial charge in [0.25, 0.3) is 0 Å². The first-order valence-corrected chi connectivity index (χ1v) is 4.32. The van der Waals surface area contributed by atoms with E-state index in [1.807, 2.05) is 0 Å². The summed E-state index contributed by atoms with van der Waals surface area (Å²) in [5.41, 5.74) is 0. The Hall–Kier alpha value is -1.56. The number of allylic oxidation sites excluding steroid dienone is 1. The van der Waals surface area contributed by atoms with Crippen molar-refractivity contribution in [3.63, 3.8) is 0 Å². The summed E-state index contributed by atoms with van der Waals surface area (Å²) in [7, 11) is 0. The number of cyclic esters (lactones) is 1. The Labute approximate surface area is 86.4 Å². The van der Waals surface area contributed by atoms with Crippen LogP contribution in [0.5, 0.6) is 0 Å². The van der Waals surface area contributed by atoms with Crippen LogP contribution in [0, 0.1) is 0 Å². The first-order chi connectivity index (χ1) is 6.97. The lowest BCUT2D eigenvalue weighted by Crippen LogP contribution is -2.48. The maximum Gasteiger partial charge on any atom is 0.337 e. The molecule has 0 aliphatic carbocycles. The topological polar surface area (TPSA) is 82.1 Å². The first-order valence-electron chi connectivity index (χ1n) is 4.32. The molecular formula is C9H12O6. The van der Waals surface area contributed by atoms with Gasteiger partial charge in [0.05, 0.1) is 6.08 Å². The van der Waals surface area contributed by atoms with Crippen molar-refractivity contribution in [2.75, 3.05) is 13.2 Å². The number of carbonyl (C=O) groups excluding carboxylic acids is 2. The Balaban J connectivity index is 2.73. The Morgan fingerprint density at radius 1 is 1.60 bits per heavy atom. The van der Waals surface area contributed by atoms with E-state index in [1.165, 1.54) is 6.92 Å². The van der Waals surface area contributed by atoms with Crippen LogP contribution >= 0.6 is 0 Å². The minimum Gasteiger partial charge on any atom is -0.457 e. The molecule has 0 unspecified atom stereocenters. The number of aliphatic hydroxyl groups excluding tert-OH is 1. The molecule has 1 heterocycles. The summed E-state index contributed by atoms with van der Waals surface area (Å²) in [6, 6.07) is 0. The summed E-state index contributed by atoms with van der Waals surface area (Å²) in [4.78, 5) is 21.7. The van der Waals surface area contributed by atoms with Gasteiger partial charge in [-0.05, 0) is 6.92 Å². The number of rotatable bonds is 3. The van der Waals surface area contributed by atoms with E-state index in [0.29, 0.717) is 5.76 Å². The van der Waals surface area contributed by atoms with E-state index in [4.69, 9.17) is 14.6 Å². The van der Waals surface area contributed by atoms with E-state index in [1.54, 1.807) is 6.92 Å². The van der Waals surface area contributed by atoms with Crippen molar-refractivity contribution in [1.82, 2.24) is 0 Å². The van der Waals surface area contributed by atoms with Crippen LogP contribution in [-0.4, -0.2) is 36.0 Å². The van der Waals surface area contributed by atoms with Crippen molar-refractivity contribution >= 4 is 11.9 Å². The first kappa shape index (κ1) is 11.5. The molecule has 0 aromatic heterocycles. The molecule has 15 heavy (non-hydrogen) atoms. The molecule has 0 spiro atoms. The van der Waals surface area contributed by atoms with Crippen LogP contribution in [0.1, 0.15) is 13.8 Å². The van der Waals surface area contributed by atoms with Crippen LogP contribution < -0.4 is 0 Å². The summed E-state index contributed by atoms with van der Waals surface area (Å²) >= 11 is 0. The third kappa shape index (κ3) is 2.95. The fourth-order valence-corrected chi connectivity index (χ4v) is 1.10. The van der Waals surface area contributed by atoms with Crippen LogP contribution in [-0.2, 0) is 23.8 Å². The van der Waals surface area contributed by atoms with Gasteiger partial charge in [-0.25, -0.2) is 4.79 Å². The summed E-state index contributed by atoms with van der Waals surface area (Å²) in [6.07, 6.45) is 1.14. The van der Waals surface area contributed by atoms with E-state index in [9.17, 15) is 9.59 Å². The third-order valence-electron chi connectivity index (χ3n) is 1.69. The zero-order valence-corrected chi connectivity index (χ0v) is 8.48. The fraction of sp³-hybridized carbons (Fsp3) is 0.556. The van der Waals surface area contributed by atoms with Crippen LogP contribution in [0.15, 0.2) is 11.8 Å². The molecule has 0 amide bonds. The minimum atomic E-state index is -1.61. The average Bonchev–Trinajstić information content (AvgIpc) is 2.13.